The van der Waals surface area contributed by atoms with Gasteiger partial charge in [0.1, 0.15) is 5.75 Å². The first kappa shape index (κ1) is 22.6. The lowest BCUT2D eigenvalue weighted by Crippen LogP contribution is -2.48. The summed E-state index contributed by atoms with van der Waals surface area (Å²) in [6, 6.07) is 14.5. The standard InChI is InChI=1S/C30H32N2O3S/c33-26-14-24(13-25(15-26)30-16-20-8-21(17-30)10-22(9-20)18-30)23-3-1-2-19(11-23)12-27-28(34)31-29(36-27)32-4-6-35-7-5-32/h1-3,11-15,20-22,33H,4-10,16-18H2/b27-12-. The second-order valence-electron chi connectivity index (χ2n) is 11.5. The number of carbonyl (C=O) groups is 1. The van der Waals surface area contributed by atoms with Gasteiger partial charge in [0.25, 0.3) is 5.91 Å². The topological polar surface area (TPSA) is 62.1 Å². The van der Waals surface area contributed by atoms with E-state index in [1.165, 1.54) is 55.9 Å². The van der Waals surface area contributed by atoms with Crippen molar-refractivity contribution in [3.05, 3.63) is 58.5 Å². The molecule has 2 aromatic rings. The number of rotatable bonds is 3. The fourth-order valence-corrected chi connectivity index (χ4v) is 8.76. The molecule has 0 atom stereocenters. The fourth-order valence-electron chi connectivity index (χ4n) is 7.80. The summed E-state index contributed by atoms with van der Waals surface area (Å²) in [5.74, 6) is 2.77. The van der Waals surface area contributed by atoms with Crippen molar-refractivity contribution in [1.29, 1.82) is 0 Å². The van der Waals surface area contributed by atoms with E-state index >= 15 is 0 Å². The monoisotopic (exact) mass is 500 g/mol. The first-order valence-electron chi connectivity index (χ1n) is 13.3. The molecule has 2 aromatic carbocycles. The maximum atomic E-state index is 12.6. The molecule has 1 saturated heterocycles. The zero-order valence-electron chi connectivity index (χ0n) is 20.5. The fraction of sp³-hybridized carbons (Fsp3) is 0.467. The van der Waals surface area contributed by atoms with Crippen molar-refractivity contribution < 1.29 is 14.6 Å². The molecule has 0 aromatic heterocycles. The highest BCUT2D eigenvalue weighted by Crippen LogP contribution is 2.61. The van der Waals surface area contributed by atoms with Crippen LogP contribution in [0.1, 0.15) is 49.7 Å². The van der Waals surface area contributed by atoms with Crippen molar-refractivity contribution in [3.63, 3.8) is 0 Å². The van der Waals surface area contributed by atoms with Crippen LogP contribution in [0.15, 0.2) is 52.4 Å². The molecule has 4 saturated carbocycles. The summed E-state index contributed by atoms with van der Waals surface area (Å²) in [6.45, 7) is 2.88. The summed E-state index contributed by atoms with van der Waals surface area (Å²) >= 11 is 1.45. The van der Waals surface area contributed by atoms with E-state index in [4.69, 9.17) is 4.74 Å². The molecule has 6 heteroatoms. The van der Waals surface area contributed by atoms with Gasteiger partial charge in [0.05, 0.1) is 18.1 Å². The SMILES string of the molecule is O=C1N=C(N2CCOCC2)S/C1=C\c1cccc(-c2cc(O)cc(C34CC5CC(CC(C5)C3)C4)c2)c1. The molecule has 2 aliphatic heterocycles. The van der Waals surface area contributed by atoms with Crippen LogP contribution < -0.4 is 0 Å². The number of aliphatic imine (C=N–C) groups is 1. The summed E-state index contributed by atoms with van der Waals surface area (Å²) in [6.07, 6.45) is 10.0. The smallest absolute Gasteiger partial charge is 0.286 e. The average molecular weight is 501 g/mol. The normalized spacial score (nSPS) is 32.4. The molecular weight excluding hydrogens is 468 g/mol. The molecule has 2 heterocycles. The Morgan fingerprint density at radius 2 is 1.69 bits per heavy atom. The van der Waals surface area contributed by atoms with Crippen LogP contribution >= 0.6 is 11.8 Å². The maximum absolute atomic E-state index is 12.6. The number of amides is 1. The van der Waals surface area contributed by atoms with Crippen LogP contribution in [-0.2, 0) is 14.9 Å². The van der Waals surface area contributed by atoms with Gasteiger partial charge in [-0.15, -0.1) is 0 Å². The number of thioether (sulfide) groups is 1. The number of benzene rings is 2. The second-order valence-corrected chi connectivity index (χ2v) is 12.5. The quantitative estimate of drug-likeness (QED) is 0.538. The van der Waals surface area contributed by atoms with Crippen LogP contribution in [0.3, 0.4) is 0 Å². The van der Waals surface area contributed by atoms with Crippen LogP contribution in [0.5, 0.6) is 5.75 Å². The van der Waals surface area contributed by atoms with Gasteiger partial charge in [-0.3, -0.25) is 4.79 Å². The van der Waals surface area contributed by atoms with Gasteiger partial charge in [0, 0.05) is 13.1 Å². The second kappa shape index (κ2) is 8.77. The molecule has 186 valence electrons. The Bertz CT molecular complexity index is 1240. The van der Waals surface area contributed by atoms with Gasteiger partial charge in [0.2, 0.25) is 0 Å². The third-order valence-corrected chi connectivity index (χ3v) is 10.0. The summed E-state index contributed by atoms with van der Waals surface area (Å²) < 4.78 is 5.43. The number of ether oxygens (including phenoxy) is 1. The Labute approximate surface area is 216 Å². The first-order valence-corrected chi connectivity index (χ1v) is 14.1. The highest BCUT2D eigenvalue weighted by Gasteiger charge is 2.51. The number of hydrogen-bond donors (Lipinski definition) is 1. The van der Waals surface area contributed by atoms with Crippen LogP contribution in [-0.4, -0.2) is 47.4 Å². The molecule has 6 aliphatic rings. The minimum atomic E-state index is -0.173. The van der Waals surface area contributed by atoms with Crippen LogP contribution in [0.2, 0.25) is 0 Å². The first-order chi connectivity index (χ1) is 17.5. The Kier molecular flexibility index (Phi) is 5.51. The van der Waals surface area contributed by atoms with E-state index in [0.29, 0.717) is 23.9 Å². The Morgan fingerprint density at radius 3 is 2.42 bits per heavy atom. The van der Waals surface area contributed by atoms with Crippen molar-refractivity contribution in [2.75, 3.05) is 26.3 Å². The predicted molar refractivity (Wildman–Crippen MR) is 144 cm³/mol. The summed E-state index contributed by atoms with van der Waals surface area (Å²) in [4.78, 5) is 19.7. The molecule has 36 heavy (non-hydrogen) atoms. The van der Waals surface area contributed by atoms with Gasteiger partial charge in [-0.05, 0) is 120 Å². The number of carbonyl (C=O) groups excluding carboxylic acids is 1. The molecule has 0 spiro atoms. The van der Waals surface area contributed by atoms with Crippen molar-refractivity contribution >= 4 is 28.9 Å². The minimum Gasteiger partial charge on any atom is -0.508 e. The maximum Gasteiger partial charge on any atom is 0.286 e. The highest BCUT2D eigenvalue weighted by atomic mass is 32.2. The van der Waals surface area contributed by atoms with Crippen molar-refractivity contribution in [1.82, 2.24) is 4.90 Å². The third-order valence-electron chi connectivity index (χ3n) is 8.98. The van der Waals surface area contributed by atoms with Crippen LogP contribution in [0, 0.1) is 17.8 Å². The van der Waals surface area contributed by atoms with Gasteiger partial charge in [0.15, 0.2) is 5.17 Å². The summed E-state index contributed by atoms with van der Waals surface area (Å²) in [7, 11) is 0. The number of hydrogen-bond acceptors (Lipinski definition) is 5. The van der Waals surface area contributed by atoms with Gasteiger partial charge in [-0.2, -0.15) is 4.99 Å². The van der Waals surface area contributed by atoms with Crippen molar-refractivity contribution in [2.45, 2.75) is 43.9 Å². The summed E-state index contributed by atoms with van der Waals surface area (Å²) in [5, 5.41) is 11.5. The van der Waals surface area contributed by atoms with Gasteiger partial charge in [-0.25, -0.2) is 0 Å². The van der Waals surface area contributed by atoms with Gasteiger partial charge >= 0.3 is 0 Å². The van der Waals surface area contributed by atoms with E-state index in [2.05, 4.69) is 28.1 Å². The lowest BCUT2D eigenvalue weighted by atomic mass is 9.48. The molecule has 4 aliphatic carbocycles. The molecule has 0 unspecified atom stereocenters. The largest absolute Gasteiger partial charge is 0.508 e. The zero-order valence-corrected chi connectivity index (χ0v) is 21.3. The Balaban J connectivity index is 1.16. The van der Waals surface area contributed by atoms with Crippen LogP contribution in [0.25, 0.3) is 17.2 Å². The number of phenols is 1. The average Bonchev–Trinajstić information content (AvgIpc) is 3.23. The lowest BCUT2D eigenvalue weighted by Gasteiger charge is -2.57. The van der Waals surface area contributed by atoms with Gasteiger partial charge in [-0.1, -0.05) is 24.3 Å². The van der Waals surface area contributed by atoms with E-state index in [1.807, 2.05) is 30.3 Å². The van der Waals surface area contributed by atoms with Gasteiger partial charge < -0.3 is 14.7 Å². The molecule has 1 amide bonds. The molecule has 1 N–H and O–H groups in total. The molecule has 0 radical (unpaired) electrons. The van der Waals surface area contributed by atoms with E-state index < -0.39 is 0 Å². The van der Waals surface area contributed by atoms with E-state index in [9.17, 15) is 9.90 Å². The predicted octanol–water partition coefficient (Wildman–Crippen LogP) is 5.83. The van der Waals surface area contributed by atoms with Crippen LogP contribution in [0.4, 0.5) is 0 Å². The highest BCUT2D eigenvalue weighted by molar-refractivity contribution is 8.18. The molecule has 5 fully saturated rings. The summed E-state index contributed by atoms with van der Waals surface area (Å²) in [5.41, 5.74) is 4.65. The van der Waals surface area contributed by atoms with E-state index in [0.717, 1.165) is 52.7 Å². The number of amidine groups is 1. The van der Waals surface area contributed by atoms with Crippen molar-refractivity contribution in [2.24, 2.45) is 22.7 Å². The number of morpholine rings is 1. The molecule has 4 bridgehead atoms. The van der Waals surface area contributed by atoms with Crippen molar-refractivity contribution in [3.8, 4) is 16.9 Å². The minimum absolute atomic E-state index is 0.173. The van der Waals surface area contributed by atoms with E-state index in [1.54, 1.807) is 0 Å². The lowest BCUT2D eigenvalue weighted by molar-refractivity contribution is -0.113. The molecule has 8 rings (SSSR count). The Hall–Kier alpha value is -2.57. The van der Waals surface area contributed by atoms with E-state index in [-0.39, 0.29) is 11.3 Å². The zero-order chi connectivity index (χ0) is 24.3. The number of aromatic hydroxyl groups is 1. The third kappa shape index (κ3) is 4.08. The molecule has 5 nitrogen and oxygen atoms in total. The Morgan fingerprint density at radius 1 is 0.972 bits per heavy atom. The number of nitrogens with zero attached hydrogens (tertiary/aromatic N) is 2. The number of phenolic OH excluding ortho intramolecular Hbond substituents is 1. The molecular formula is C30H32N2O3S.